The molecule has 0 aliphatic rings. The molecule has 0 bridgehead atoms. The highest BCUT2D eigenvalue weighted by molar-refractivity contribution is 7.86. The minimum Gasteiger partial charge on any atom is -0.505 e. The fourth-order valence-corrected chi connectivity index (χ4v) is 5.45. The van der Waals surface area contributed by atoms with Crippen LogP contribution in [0, 0.1) is 0 Å². The molecule has 0 fully saturated rings. The summed E-state index contributed by atoms with van der Waals surface area (Å²) in [4.78, 5) is 10.2. The van der Waals surface area contributed by atoms with Gasteiger partial charge in [-0.15, -0.1) is 15.3 Å². The van der Waals surface area contributed by atoms with E-state index in [1.54, 1.807) is 12.1 Å². The number of aromatic nitrogens is 3. The van der Waals surface area contributed by atoms with E-state index in [9.17, 15) is 31.0 Å². The molecule has 0 saturated heterocycles. The Labute approximate surface area is 258 Å². The monoisotopic (exact) mass is 670 g/mol. The van der Waals surface area contributed by atoms with Crippen molar-refractivity contribution in [1.29, 1.82) is 0 Å². The summed E-state index contributed by atoms with van der Waals surface area (Å²) in [5, 5.41) is 29.5. The smallest absolute Gasteiger partial charge is 0.296 e. The normalized spacial score (nSPS) is 12.3. The maximum absolute atomic E-state index is 12.3. The minimum absolute atomic E-state index is 0.0346. The van der Waals surface area contributed by atoms with Crippen LogP contribution < -0.4 is 16.8 Å². The Hall–Kier alpha value is -5.34. The second kappa shape index (κ2) is 12.0. The molecule has 4 aromatic carbocycles. The SMILES string of the molecule is Nc1nc(Cl)nc(Nc2cccc(/N=N/c3c(S(=O)(=O)O)cc4ccc(/N=N/c5ccccc5S(=O)(=O)O)c(N)c4c3O)c2)n1. The zero-order valence-corrected chi connectivity index (χ0v) is 24.7. The number of anilines is 4. The van der Waals surface area contributed by atoms with Gasteiger partial charge in [-0.25, -0.2) is 0 Å². The van der Waals surface area contributed by atoms with Gasteiger partial charge in [0, 0.05) is 5.69 Å². The number of nitrogens with zero attached hydrogens (tertiary/aromatic N) is 7. The number of nitrogens with one attached hydrogen (secondary N) is 1. The number of hydrogen-bond acceptors (Lipinski definition) is 15. The van der Waals surface area contributed by atoms with Crippen molar-refractivity contribution >= 4 is 88.6 Å². The third-order valence-corrected chi connectivity index (χ3v) is 7.85. The third-order valence-electron chi connectivity index (χ3n) is 5.92. The van der Waals surface area contributed by atoms with Crippen LogP contribution in [0.2, 0.25) is 5.28 Å². The van der Waals surface area contributed by atoms with Crippen LogP contribution in [-0.2, 0) is 20.2 Å². The molecule has 0 atom stereocenters. The molecule has 0 unspecified atom stereocenters. The van der Waals surface area contributed by atoms with Gasteiger partial charge in [-0.1, -0.05) is 24.3 Å². The van der Waals surface area contributed by atoms with E-state index in [4.69, 9.17) is 23.1 Å². The van der Waals surface area contributed by atoms with Gasteiger partial charge in [0.25, 0.3) is 20.2 Å². The Kier molecular flexibility index (Phi) is 8.28. The van der Waals surface area contributed by atoms with Crippen LogP contribution in [0.25, 0.3) is 10.8 Å². The number of phenolic OH excluding ortho intramolecular Hbond substituents is 1. The largest absolute Gasteiger partial charge is 0.505 e. The van der Waals surface area contributed by atoms with E-state index in [-0.39, 0.29) is 50.7 Å². The molecule has 1 aromatic heterocycles. The molecule has 0 radical (unpaired) electrons. The third kappa shape index (κ3) is 6.92. The van der Waals surface area contributed by atoms with Crippen molar-refractivity contribution in [2.75, 3.05) is 16.8 Å². The van der Waals surface area contributed by atoms with E-state index in [1.165, 1.54) is 42.5 Å². The summed E-state index contributed by atoms with van der Waals surface area (Å²) >= 11 is 5.80. The van der Waals surface area contributed by atoms with Crippen LogP contribution in [0.3, 0.4) is 0 Å². The van der Waals surface area contributed by atoms with Crippen LogP contribution in [0.4, 0.5) is 46.0 Å². The van der Waals surface area contributed by atoms with Crippen molar-refractivity contribution in [3.63, 3.8) is 0 Å². The number of fused-ring (bicyclic) bond motifs is 1. The van der Waals surface area contributed by atoms with Gasteiger partial charge in [0.2, 0.25) is 17.2 Å². The second-order valence-electron chi connectivity index (χ2n) is 8.95. The van der Waals surface area contributed by atoms with Gasteiger partial charge in [-0.3, -0.25) is 9.11 Å². The lowest BCUT2D eigenvalue weighted by Gasteiger charge is -2.12. The molecule has 20 heteroatoms. The summed E-state index contributed by atoms with van der Waals surface area (Å²) in [6.07, 6.45) is 0. The summed E-state index contributed by atoms with van der Waals surface area (Å²) in [7, 11) is -9.55. The van der Waals surface area contributed by atoms with E-state index < -0.39 is 41.5 Å². The fraction of sp³-hybridized carbons (Fsp3) is 0. The molecule has 0 spiro atoms. The number of halogens is 1. The number of nitrogens with two attached hydrogens (primary N) is 2. The first-order valence-corrected chi connectivity index (χ1v) is 15.5. The first kappa shape index (κ1) is 31.1. The summed E-state index contributed by atoms with van der Waals surface area (Å²) in [5.74, 6) is -0.849. The zero-order valence-electron chi connectivity index (χ0n) is 22.3. The number of aromatic hydroxyl groups is 1. The van der Waals surface area contributed by atoms with Gasteiger partial charge in [0.15, 0.2) is 5.75 Å². The van der Waals surface area contributed by atoms with Crippen molar-refractivity contribution in [2.45, 2.75) is 9.79 Å². The molecule has 45 heavy (non-hydrogen) atoms. The standard InChI is InChI=1S/C25H19ClN10O7S2/c26-23-30-24(28)32-25(31-23)29-13-4-3-5-14(11-13)33-36-21-18(45(41,42)43)10-12-8-9-16(20(27)19(12)22(21)37)35-34-15-6-1-2-7-17(15)44(38,39)40/h1-11,37H,27H2,(H,38,39,40)(H,41,42,43)(H3,28,29,30,31,32)/b35-34+,36-33+. The minimum atomic E-state index is -4.93. The van der Waals surface area contributed by atoms with Crippen molar-refractivity contribution < 1.29 is 31.0 Å². The molecule has 8 N–H and O–H groups in total. The summed E-state index contributed by atoms with van der Waals surface area (Å²) in [6, 6.07) is 15.1. The fourth-order valence-electron chi connectivity index (χ4n) is 4.00. The molecule has 0 aliphatic carbocycles. The van der Waals surface area contributed by atoms with Crippen molar-refractivity contribution in [3.8, 4) is 5.75 Å². The van der Waals surface area contributed by atoms with Crippen LogP contribution >= 0.6 is 11.6 Å². The Morgan fingerprint density at radius 3 is 2.18 bits per heavy atom. The number of benzene rings is 4. The Morgan fingerprint density at radius 1 is 0.756 bits per heavy atom. The molecule has 230 valence electrons. The second-order valence-corrected chi connectivity index (χ2v) is 12.1. The van der Waals surface area contributed by atoms with Gasteiger partial charge >= 0.3 is 0 Å². The average Bonchev–Trinajstić information content (AvgIpc) is 2.95. The lowest BCUT2D eigenvalue weighted by Crippen LogP contribution is -2.03. The van der Waals surface area contributed by atoms with Gasteiger partial charge in [0.1, 0.15) is 26.9 Å². The van der Waals surface area contributed by atoms with Crippen LogP contribution in [0.5, 0.6) is 5.75 Å². The number of nitrogen functional groups attached to an aromatic ring is 2. The molecular weight excluding hydrogens is 652 g/mol. The van der Waals surface area contributed by atoms with Crippen LogP contribution in [0.1, 0.15) is 0 Å². The summed E-state index contributed by atoms with van der Waals surface area (Å²) < 4.78 is 67.2. The van der Waals surface area contributed by atoms with E-state index in [0.29, 0.717) is 5.69 Å². The molecule has 0 amide bonds. The van der Waals surface area contributed by atoms with Crippen molar-refractivity contribution in [1.82, 2.24) is 15.0 Å². The highest BCUT2D eigenvalue weighted by Gasteiger charge is 2.24. The highest BCUT2D eigenvalue weighted by Crippen LogP contribution is 2.46. The van der Waals surface area contributed by atoms with Crippen LogP contribution in [-0.4, -0.2) is 46.0 Å². The maximum atomic E-state index is 12.3. The molecule has 17 nitrogen and oxygen atoms in total. The Bertz CT molecular complexity index is 2250. The van der Waals surface area contributed by atoms with Gasteiger partial charge in [-0.2, -0.15) is 36.9 Å². The van der Waals surface area contributed by atoms with Gasteiger partial charge in [0.05, 0.1) is 16.8 Å². The van der Waals surface area contributed by atoms with E-state index >= 15 is 0 Å². The number of hydrogen-bond donors (Lipinski definition) is 6. The van der Waals surface area contributed by atoms with E-state index in [0.717, 1.165) is 12.1 Å². The van der Waals surface area contributed by atoms with E-state index in [2.05, 4.69) is 40.7 Å². The van der Waals surface area contributed by atoms with E-state index in [1.807, 2.05) is 0 Å². The molecular formula is C25H19ClN10O7S2. The van der Waals surface area contributed by atoms with Crippen molar-refractivity contribution in [2.24, 2.45) is 20.5 Å². The first-order chi connectivity index (χ1) is 21.2. The first-order valence-electron chi connectivity index (χ1n) is 12.2. The predicted octanol–water partition coefficient (Wildman–Crippen LogP) is 5.62. The zero-order chi connectivity index (χ0) is 32.5. The lowest BCUT2D eigenvalue weighted by molar-refractivity contribution is 0.472. The number of phenols is 1. The highest BCUT2D eigenvalue weighted by atomic mass is 35.5. The summed E-state index contributed by atoms with van der Waals surface area (Å²) in [6.45, 7) is 0. The Morgan fingerprint density at radius 2 is 1.47 bits per heavy atom. The topological polar surface area (TPSA) is 281 Å². The lowest BCUT2D eigenvalue weighted by atomic mass is 10.1. The molecule has 0 aliphatic heterocycles. The average molecular weight is 671 g/mol. The number of azo groups is 2. The molecule has 5 rings (SSSR count). The Balaban J connectivity index is 1.56. The molecule has 0 saturated carbocycles. The summed E-state index contributed by atoms with van der Waals surface area (Å²) in [5.41, 5.74) is 11.3. The maximum Gasteiger partial charge on any atom is 0.296 e. The predicted molar refractivity (Wildman–Crippen MR) is 163 cm³/mol. The van der Waals surface area contributed by atoms with Crippen molar-refractivity contribution in [3.05, 3.63) is 72.0 Å². The molecule has 5 aromatic rings. The van der Waals surface area contributed by atoms with Gasteiger partial charge < -0.3 is 21.9 Å². The molecule has 1 heterocycles. The van der Waals surface area contributed by atoms with Gasteiger partial charge in [-0.05, 0) is 59.5 Å². The van der Waals surface area contributed by atoms with Crippen LogP contribution in [0.15, 0.2) is 97.0 Å². The number of rotatable bonds is 8. The quantitative estimate of drug-likeness (QED) is 0.0665.